The smallest absolute Gasteiger partial charge is 0.196 e. The van der Waals surface area contributed by atoms with Gasteiger partial charge in [0.15, 0.2) is 6.29 Å². The summed E-state index contributed by atoms with van der Waals surface area (Å²) in [5, 5.41) is 4.17. The maximum absolute atomic E-state index is 5.75. The number of ether oxygens (including phenoxy) is 2. The summed E-state index contributed by atoms with van der Waals surface area (Å²) in [6.45, 7) is 8.48. The van der Waals surface area contributed by atoms with Gasteiger partial charge < -0.3 is 14.8 Å². The average Bonchev–Trinajstić information content (AvgIpc) is 2.69. The second-order valence-electron chi connectivity index (χ2n) is 5.52. The van der Waals surface area contributed by atoms with E-state index >= 15 is 0 Å². The Morgan fingerprint density at radius 3 is 2.38 bits per heavy atom. The van der Waals surface area contributed by atoms with Gasteiger partial charge in [-0.05, 0) is 50.2 Å². The first-order valence-corrected chi connectivity index (χ1v) is 9.17. The van der Waals surface area contributed by atoms with E-state index in [1.54, 1.807) is 0 Å². The molecule has 1 aromatic heterocycles. The van der Waals surface area contributed by atoms with E-state index in [0.717, 1.165) is 33.6 Å². The van der Waals surface area contributed by atoms with Crippen molar-refractivity contribution in [2.24, 2.45) is 0 Å². The molecule has 0 fully saturated rings. The van der Waals surface area contributed by atoms with Gasteiger partial charge in [-0.25, -0.2) is 4.98 Å². The predicted octanol–water partition coefficient (Wildman–Crippen LogP) is 5.73. The van der Waals surface area contributed by atoms with E-state index < -0.39 is 0 Å². The number of nitrogens with one attached hydrogen (secondary N) is 1. The average molecular weight is 352 g/mol. The summed E-state index contributed by atoms with van der Waals surface area (Å²) in [6.07, 6.45) is -0.259. The molecule has 3 rings (SSSR count). The number of fused-ring (bicyclic) bond motifs is 1. The Bertz CT molecular complexity index is 816. The minimum Gasteiger partial charge on any atom is -0.465 e. The SMILES string of the molecule is CC.CCOC(C)Oc1ccc2nc(-c3ccc(NC)cc3)ccc2c1. The van der Waals surface area contributed by atoms with Gasteiger partial charge in [0.05, 0.1) is 11.2 Å². The fourth-order valence-electron chi connectivity index (χ4n) is 2.61. The van der Waals surface area contributed by atoms with E-state index in [2.05, 4.69) is 23.5 Å². The monoisotopic (exact) mass is 352 g/mol. The highest BCUT2D eigenvalue weighted by molar-refractivity contribution is 5.83. The minimum atomic E-state index is -0.259. The molecular weight excluding hydrogens is 324 g/mol. The summed E-state index contributed by atoms with van der Waals surface area (Å²) in [5.74, 6) is 0.788. The summed E-state index contributed by atoms with van der Waals surface area (Å²) < 4.78 is 11.2. The Morgan fingerprint density at radius 1 is 1.00 bits per heavy atom. The van der Waals surface area contributed by atoms with Gasteiger partial charge >= 0.3 is 0 Å². The highest BCUT2D eigenvalue weighted by Gasteiger charge is 2.06. The third-order valence-corrected chi connectivity index (χ3v) is 3.83. The van der Waals surface area contributed by atoms with Gasteiger partial charge in [-0.3, -0.25) is 0 Å². The summed E-state index contributed by atoms with van der Waals surface area (Å²) >= 11 is 0. The molecule has 4 heteroatoms. The zero-order valence-corrected chi connectivity index (χ0v) is 16.2. The van der Waals surface area contributed by atoms with Gasteiger partial charge in [0.25, 0.3) is 0 Å². The molecule has 0 amide bonds. The van der Waals surface area contributed by atoms with Crippen LogP contribution in [-0.2, 0) is 4.74 Å². The van der Waals surface area contributed by atoms with Crippen molar-refractivity contribution in [1.29, 1.82) is 0 Å². The fourth-order valence-corrected chi connectivity index (χ4v) is 2.61. The van der Waals surface area contributed by atoms with Crippen LogP contribution in [0.25, 0.3) is 22.2 Å². The van der Waals surface area contributed by atoms with Crippen LogP contribution in [0.3, 0.4) is 0 Å². The third-order valence-electron chi connectivity index (χ3n) is 3.83. The predicted molar refractivity (Wildman–Crippen MR) is 110 cm³/mol. The Hall–Kier alpha value is -2.59. The maximum Gasteiger partial charge on any atom is 0.196 e. The van der Waals surface area contributed by atoms with Crippen molar-refractivity contribution in [2.45, 2.75) is 34.0 Å². The molecule has 0 bridgehead atoms. The lowest BCUT2D eigenvalue weighted by atomic mass is 10.1. The molecule has 0 spiro atoms. The van der Waals surface area contributed by atoms with Crippen LogP contribution in [0.4, 0.5) is 5.69 Å². The molecular formula is C22H28N2O2. The highest BCUT2D eigenvalue weighted by atomic mass is 16.7. The molecule has 0 radical (unpaired) electrons. The zero-order chi connectivity index (χ0) is 18.9. The first-order valence-electron chi connectivity index (χ1n) is 9.17. The third kappa shape index (κ3) is 4.96. The largest absolute Gasteiger partial charge is 0.465 e. The molecule has 0 aliphatic carbocycles. The van der Waals surface area contributed by atoms with Gasteiger partial charge in [0.2, 0.25) is 0 Å². The molecule has 3 aromatic rings. The van der Waals surface area contributed by atoms with E-state index in [4.69, 9.17) is 14.5 Å². The zero-order valence-electron chi connectivity index (χ0n) is 16.2. The van der Waals surface area contributed by atoms with Gasteiger partial charge in [-0.1, -0.05) is 32.0 Å². The summed E-state index contributed by atoms with van der Waals surface area (Å²) in [6, 6.07) is 18.2. The molecule has 0 saturated heterocycles. The van der Waals surface area contributed by atoms with Crippen LogP contribution in [-0.4, -0.2) is 24.9 Å². The lowest BCUT2D eigenvalue weighted by Crippen LogP contribution is -2.15. The number of benzene rings is 2. The van der Waals surface area contributed by atoms with Crippen LogP contribution in [0.1, 0.15) is 27.7 Å². The van der Waals surface area contributed by atoms with Crippen LogP contribution >= 0.6 is 0 Å². The van der Waals surface area contributed by atoms with E-state index in [1.165, 1.54) is 0 Å². The maximum atomic E-state index is 5.75. The number of hydrogen-bond acceptors (Lipinski definition) is 4. The van der Waals surface area contributed by atoms with Crippen molar-refractivity contribution in [2.75, 3.05) is 19.0 Å². The minimum absolute atomic E-state index is 0.259. The lowest BCUT2D eigenvalue weighted by molar-refractivity contribution is -0.0612. The number of pyridine rings is 1. The van der Waals surface area contributed by atoms with E-state index in [9.17, 15) is 0 Å². The molecule has 0 aliphatic heterocycles. The van der Waals surface area contributed by atoms with Crippen molar-refractivity contribution in [1.82, 2.24) is 4.98 Å². The van der Waals surface area contributed by atoms with Gasteiger partial charge in [-0.2, -0.15) is 0 Å². The lowest BCUT2D eigenvalue weighted by Gasteiger charge is -2.14. The molecule has 1 unspecified atom stereocenters. The van der Waals surface area contributed by atoms with E-state index in [-0.39, 0.29) is 6.29 Å². The Kier molecular flexibility index (Phi) is 7.42. The van der Waals surface area contributed by atoms with Gasteiger partial charge in [0, 0.05) is 30.3 Å². The van der Waals surface area contributed by atoms with E-state index in [0.29, 0.717) is 6.61 Å². The van der Waals surface area contributed by atoms with Crippen LogP contribution in [0.15, 0.2) is 54.6 Å². The fraction of sp³-hybridized carbons (Fsp3) is 0.318. The first-order chi connectivity index (χ1) is 12.7. The molecule has 0 saturated carbocycles. The quantitative estimate of drug-likeness (QED) is 0.575. The normalized spacial score (nSPS) is 11.4. The van der Waals surface area contributed by atoms with Crippen LogP contribution in [0, 0.1) is 0 Å². The summed E-state index contributed by atoms with van der Waals surface area (Å²) in [4.78, 5) is 4.75. The van der Waals surface area contributed by atoms with Crippen molar-refractivity contribution in [3.05, 3.63) is 54.6 Å². The van der Waals surface area contributed by atoms with Crippen molar-refractivity contribution in [3.8, 4) is 17.0 Å². The Labute approximate surface area is 156 Å². The molecule has 0 aliphatic rings. The number of nitrogens with zero attached hydrogens (tertiary/aromatic N) is 1. The van der Waals surface area contributed by atoms with Gasteiger partial charge in [0.1, 0.15) is 5.75 Å². The molecule has 4 nitrogen and oxygen atoms in total. The summed E-state index contributed by atoms with van der Waals surface area (Å²) in [7, 11) is 1.91. The van der Waals surface area contributed by atoms with Crippen LogP contribution < -0.4 is 10.1 Å². The first kappa shape index (κ1) is 19.7. The van der Waals surface area contributed by atoms with E-state index in [1.807, 2.05) is 71.1 Å². The van der Waals surface area contributed by atoms with Crippen molar-refractivity contribution in [3.63, 3.8) is 0 Å². The molecule has 2 aromatic carbocycles. The molecule has 26 heavy (non-hydrogen) atoms. The van der Waals surface area contributed by atoms with Crippen molar-refractivity contribution < 1.29 is 9.47 Å². The van der Waals surface area contributed by atoms with Crippen LogP contribution in [0.5, 0.6) is 5.75 Å². The Balaban J connectivity index is 0.00000117. The molecule has 138 valence electrons. The number of rotatable bonds is 6. The number of aromatic nitrogens is 1. The van der Waals surface area contributed by atoms with Crippen molar-refractivity contribution >= 4 is 16.6 Å². The second-order valence-corrected chi connectivity index (χ2v) is 5.52. The number of anilines is 1. The molecule has 1 N–H and O–H groups in total. The number of hydrogen-bond donors (Lipinski definition) is 1. The summed E-state index contributed by atoms with van der Waals surface area (Å²) in [5.41, 5.74) is 4.09. The molecule has 1 atom stereocenters. The second kappa shape index (κ2) is 9.78. The Morgan fingerprint density at radius 2 is 1.73 bits per heavy atom. The van der Waals surface area contributed by atoms with Gasteiger partial charge in [-0.15, -0.1) is 0 Å². The standard InChI is InChI=1S/C20H22N2O2.C2H6/c1-4-23-14(2)24-18-10-12-20-16(13-18)7-11-19(22-20)15-5-8-17(21-3)9-6-15;1-2/h5-14,21H,4H2,1-3H3;1-2H3. The molecule has 1 heterocycles. The highest BCUT2D eigenvalue weighted by Crippen LogP contribution is 2.25. The topological polar surface area (TPSA) is 43.4 Å². The van der Waals surface area contributed by atoms with Crippen LogP contribution in [0.2, 0.25) is 0 Å².